The highest BCUT2D eigenvalue weighted by Gasteiger charge is 2.13. The Hall–Kier alpha value is -1.71. The average molecular weight is 200 g/mol. The maximum atomic E-state index is 4.51. The number of fused-ring (bicyclic) bond motifs is 1. The van der Waals surface area contributed by atoms with Crippen LogP contribution in [-0.4, -0.2) is 19.7 Å². The van der Waals surface area contributed by atoms with Gasteiger partial charge in [-0.2, -0.15) is 5.10 Å². The molecule has 0 amide bonds. The zero-order chi connectivity index (χ0) is 10.1. The fourth-order valence-electron chi connectivity index (χ4n) is 1.96. The van der Waals surface area contributed by atoms with Crippen LogP contribution < -0.4 is 0 Å². The van der Waals surface area contributed by atoms with E-state index in [1.54, 1.807) is 12.4 Å². The fourth-order valence-corrected chi connectivity index (χ4v) is 1.96. The smallest absolute Gasteiger partial charge is 0.179 e. The number of hydrogen-bond acceptors (Lipinski definition) is 3. The van der Waals surface area contributed by atoms with Crippen LogP contribution in [0.1, 0.15) is 18.5 Å². The molecule has 0 atom stereocenters. The minimum atomic E-state index is 0.722. The SMILES string of the molecule is c1cnc(-c2cc3n(n2)CCCC3)nc1. The first kappa shape index (κ1) is 8.59. The Morgan fingerprint density at radius 2 is 2.00 bits per heavy atom. The lowest BCUT2D eigenvalue weighted by Crippen LogP contribution is -2.10. The summed E-state index contributed by atoms with van der Waals surface area (Å²) >= 11 is 0. The Kier molecular flexibility index (Phi) is 1.98. The lowest BCUT2D eigenvalue weighted by atomic mass is 10.1. The van der Waals surface area contributed by atoms with Crippen LogP contribution in [-0.2, 0) is 13.0 Å². The highest BCUT2D eigenvalue weighted by molar-refractivity contribution is 5.48. The Bertz CT molecular complexity index is 437. The van der Waals surface area contributed by atoms with E-state index >= 15 is 0 Å². The molecule has 0 saturated heterocycles. The van der Waals surface area contributed by atoms with Crippen molar-refractivity contribution in [1.82, 2.24) is 19.7 Å². The van der Waals surface area contributed by atoms with E-state index in [0.717, 1.165) is 24.5 Å². The third kappa shape index (κ3) is 1.52. The van der Waals surface area contributed by atoms with Gasteiger partial charge in [0.25, 0.3) is 0 Å². The number of aryl methyl sites for hydroxylation is 2. The molecule has 3 heterocycles. The van der Waals surface area contributed by atoms with E-state index < -0.39 is 0 Å². The molecular weight excluding hydrogens is 188 g/mol. The lowest BCUT2D eigenvalue weighted by molar-refractivity contribution is 0.487. The second-order valence-electron chi connectivity index (χ2n) is 3.77. The molecule has 3 rings (SSSR count). The van der Waals surface area contributed by atoms with Gasteiger partial charge in [-0.25, -0.2) is 9.97 Å². The van der Waals surface area contributed by atoms with Gasteiger partial charge in [-0.05, 0) is 31.4 Å². The maximum absolute atomic E-state index is 4.51. The van der Waals surface area contributed by atoms with Crippen LogP contribution >= 0.6 is 0 Å². The fraction of sp³-hybridized carbons (Fsp3) is 0.364. The topological polar surface area (TPSA) is 43.6 Å². The summed E-state index contributed by atoms with van der Waals surface area (Å²) in [5.74, 6) is 0.722. The second kappa shape index (κ2) is 3.46. The second-order valence-corrected chi connectivity index (χ2v) is 3.77. The normalized spacial score (nSPS) is 14.9. The zero-order valence-electron chi connectivity index (χ0n) is 8.43. The van der Waals surface area contributed by atoms with Gasteiger partial charge in [0.2, 0.25) is 0 Å². The van der Waals surface area contributed by atoms with Gasteiger partial charge >= 0.3 is 0 Å². The van der Waals surface area contributed by atoms with E-state index in [9.17, 15) is 0 Å². The van der Waals surface area contributed by atoms with Crippen molar-refractivity contribution >= 4 is 0 Å². The molecule has 15 heavy (non-hydrogen) atoms. The summed E-state index contributed by atoms with van der Waals surface area (Å²) in [6.07, 6.45) is 7.12. The number of nitrogens with zero attached hydrogens (tertiary/aromatic N) is 4. The molecular formula is C11H12N4. The Morgan fingerprint density at radius 3 is 2.80 bits per heavy atom. The molecule has 2 aromatic rings. The maximum Gasteiger partial charge on any atom is 0.179 e. The van der Waals surface area contributed by atoms with E-state index in [4.69, 9.17) is 0 Å². The van der Waals surface area contributed by atoms with Crippen molar-refractivity contribution in [1.29, 1.82) is 0 Å². The van der Waals surface area contributed by atoms with E-state index in [0.29, 0.717) is 0 Å². The van der Waals surface area contributed by atoms with Gasteiger partial charge in [0.1, 0.15) is 5.69 Å². The third-order valence-electron chi connectivity index (χ3n) is 2.71. The molecule has 1 aliphatic rings. The number of hydrogen-bond donors (Lipinski definition) is 0. The quantitative estimate of drug-likeness (QED) is 0.703. The summed E-state index contributed by atoms with van der Waals surface area (Å²) in [6.45, 7) is 1.03. The molecule has 4 nitrogen and oxygen atoms in total. The molecule has 1 aliphatic heterocycles. The molecule has 0 bridgehead atoms. The van der Waals surface area contributed by atoms with Gasteiger partial charge in [-0.15, -0.1) is 0 Å². The average Bonchev–Trinajstić information content (AvgIpc) is 2.74. The first-order valence-corrected chi connectivity index (χ1v) is 5.27. The molecule has 0 N–H and O–H groups in total. The Labute approximate surface area is 88.0 Å². The summed E-state index contributed by atoms with van der Waals surface area (Å²) in [7, 11) is 0. The summed E-state index contributed by atoms with van der Waals surface area (Å²) < 4.78 is 2.08. The van der Waals surface area contributed by atoms with Crippen molar-refractivity contribution in [3.05, 3.63) is 30.2 Å². The first-order valence-electron chi connectivity index (χ1n) is 5.27. The molecule has 0 saturated carbocycles. The van der Waals surface area contributed by atoms with Crippen LogP contribution in [0.4, 0.5) is 0 Å². The van der Waals surface area contributed by atoms with Gasteiger partial charge < -0.3 is 0 Å². The van der Waals surface area contributed by atoms with Gasteiger partial charge in [-0.3, -0.25) is 4.68 Å². The molecule has 0 radical (unpaired) electrons. The van der Waals surface area contributed by atoms with E-state index in [1.165, 1.54) is 18.5 Å². The predicted octanol–water partition coefficient (Wildman–Crippen LogP) is 1.68. The van der Waals surface area contributed by atoms with Crippen LogP contribution in [0.3, 0.4) is 0 Å². The standard InChI is InChI=1S/C11H12N4/c1-2-7-15-9(4-1)8-10(14-15)11-12-5-3-6-13-11/h3,5-6,8H,1-2,4,7H2. The minimum Gasteiger partial charge on any atom is -0.269 e. The molecule has 0 aromatic carbocycles. The van der Waals surface area contributed by atoms with Crippen LogP contribution in [0.15, 0.2) is 24.5 Å². The first-order chi connectivity index (χ1) is 7.43. The summed E-state index contributed by atoms with van der Waals surface area (Å²) in [6, 6.07) is 3.92. The van der Waals surface area contributed by atoms with Crippen molar-refractivity contribution in [2.75, 3.05) is 0 Å². The van der Waals surface area contributed by atoms with E-state index in [-0.39, 0.29) is 0 Å². The molecule has 0 unspecified atom stereocenters. The lowest BCUT2D eigenvalue weighted by Gasteiger charge is -2.11. The van der Waals surface area contributed by atoms with Crippen LogP contribution in [0.2, 0.25) is 0 Å². The molecule has 2 aromatic heterocycles. The molecule has 76 valence electrons. The summed E-state index contributed by atoms with van der Waals surface area (Å²) in [5, 5.41) is 4.51. The molecule has 0 fully saturated rings. The zero-order valence-corrected chi connectivity index (χ0v) is 8.43. The molecule has 0 spiro atoms. The summed E-state index contributed by atoms with van der Waals surface area (Å²) in [5.41, 5.74) is 2.20. The van der Waals surface area contributed by atoms with Gasteiger partial charge in [0.05, 0.1) is 0 Å². The van der Waals surface area contributed by atoms with Gasteiger partial charge in [-0.1, -0.05) is 0 Å². The molecule has 4 heteroatoms. The number of rotatable bonds is 1. The van der Waals surface area contributed by atoms with Crippen molar-refractivity contribution in [2.45, 2.75) is 25.8 Å². The Balaban J connectivity index is 2.03. The monoisotopic (exact) mass is 200 g/mol. The van der Waals surface area contributed by atoms with E-state index in [1.807, 2.05) is 6.07 Å². The van der Waals surface area contributed by atoms with Crippen LogP contribution in [0.25, 0.3) is 11.5 Å². The van der Waals surface area contributed by atoms with Crippen LogP contribution in [0.5, 0.6) is 0 Å². The minimum absolute atomic E-state index is 0.722. The molecule has 0 aliphatic carbocycles. The van der Waals surface area contributed by atoms with Crippen molar-refractivity contribution < 1.29 is 0 Å². The van der Waals surface area contributed by atoms with Gasteiger partial charge in [0.15, 0.2) is 5.82 Å². The third-order valence-corrected chi connectivity index (χ3v) is 2.71. The highest BCUT2D eigenvalue weighted by Crippen LogP contribution is 2.19. The van der Waals surface area contributed by atoms with Crippen molar-refractivity contribution in [2.24, 2.45) is 0 Å². The summed E-state index contributed by atoms with van der Waals surface area (Å²) in [4.78, 5) is 8.41. The van der Waals surface area contributed by atoms with Crippen molar-refractivity contribution in [3.8, 4) is 11.5 Å². The predicted molar refractivity (Wildman–Crippen MR) is 56.2 cm³/mol. The highest BCUT2D eigenvalue weighted by atomic mass is 15.3. The number of aromatic nitrogens is 4. The van der Waals surface area contributed by atoms with Crippen molar-refractivity contribution in [3.63, 3.8) is 0 Å². The van der Waals surface area contributed by atoms with Gasteiger partial charge in [0, 0.05) is 24.6 Å². The largest absolute Gasteiger partial charge is 0.269 e. The van der Waals surface area contributed by atoms with Crippen LogP contribution in [0, 0.1) is 0 Å². The van der Waals surface area contributed by atoms with E-state index in [2.05, 4.69) is 25.8 Å². The Morgan fingerprint density at radius 1 is 1.13 bits per heavy atom.